The predicted octanol–water partition coefficient (Wildman–Crippen LogP) is 2.19. The van der Waals surface area contributed by atoms with Crippen molar-refractivity contribution in [2.24, 2.45) is 5.73 Å². The van der Waals surface area contributed by atoms with Crippen molar-refractivity contribution in [1.82, 2.24) is 4.98 Å². The first kappa shape index (κ1) is 12.6. The van der Waals surface area contributed by atoms with Gasteiger partial charge in [-0.2, -0.15) is 0 Å². The molecule has 0 bridgehead atoms. The van der Waals surface area contributed by atoms with Gasteiger partial charge >= 0.3 is 5.97 Å². The van der Waals surface area contributed by atoms with Gasteiger partial charge in [0.1, 0.15) is 0 Å². The number of ether oxygens (including phenoxy) is 1. The van der Waals surface area contributed by atoms with E-state index in [1.807, 2.05) is 18.2 Å². The predicted molar refractivity (Wildman–Crippen MR) is 71.7 cm³/mol. The fraction of sp³-hybridized carbons (Fsp3) is 0.357. The molecule has 0 saturated carbocycles. The number of H-pyrrole nitrogens is 1. The van der Waals surface area contributed by atoms with E-state index < -0.39 is 0 Å². The number of fused-ring (bicyclic) bond motifs is 1. The minimum Gasteiger partial charge on any atom is -0.465 e. The van der Waals surface area contributed by atoms with Gasteiger partial charge in [0.25, 0.3) is 0 Å². The SMILES string of the molecule is COC(=O)c1cccc2cc(C(C)(C)CN)[nH]c12. The molecule has 0 saturated heterocycles. The first-order valence-corrected chi connectivity index (χ1v) is 5.90. The number of esters is 1. The van der Waals surface area contributed by atoms with Crippen LogP contribution in [0.4, 0.5) is 0 Å². The highest BCUT2D eigenvalue weighted by atomic mass is 16.5. The summed E-state index contributed by atoms with van der Waals surface area (Å²) in [6.07, 6.45) is 0. The molecule has 0 aliphatic carbocycles. The summed E-state index contributed by atoms with van der Waals surface area (Å²) >= 11 is 0. The third-order valence-electron chi connectivity index (χ3n) is 3.30. The lowest BCUT2D eigenvalue weighted by Gasteiger charge is -2.20. The number of rotatable bonds is 3. The van der Waals surface area contributed by atoms with Crippen LogP contribution in [-0.4, -0.2) is 24.6 Å². The van der Waals surface area contributed by atoms with Gasteiger partial charge in [-0.1, -0.05) is 26.0 Å². The fourth-order valence-electron chi connectivity index (χ4n) is 1.91. The number of nitrogens with one attached hydrogen (secondary N) is 1. The molecule has 4 heteroatoms. The van der Waals surface area contributed by atoms with Crippen molar-refractivity contribution < 1.29 is 9.53 Å². The smallest absolute Gasteiger partial charge is 0.339 e. The molecule has 0 atom stereocenters. The van der Waals surface area contributed by atoms with E-state index in [4.69, 9.17) is 10.5 Å². The first-order valence-electron chi connectivity index (χ1n) is 5.90. The van der Waals surface area contributed by atoms with Crippen molar-refractivity contribution in [2.75, 3.05) is 13.7 Å². The largest absolute Gasteiger partial charge is 0.465 e. The zero-order chi connectivity index (χ0) is 13.3. The van der Waals surface area contributed by atoms with Crippen LogP contribution in [0.25, 0.3) is 10.9 Å². The Bertz CT molecular complexity index is 584. The second-order valence-electron chi connectivity index (χ2n) is 5.03. The highest BCUT2D eigenvalue weighted by molar-refractivity contribution is 6.03. The van der Waals surface area contributed by atoms with Crippen molar-refractivity contribution >= 4 is 16.9 Å². The minimum absolute atomic E-state index is 0.146. The van der Waals surface area contributed by atoms with Crippen LogP contribution in [0.1, 0.15) is 29.9 Å². The zero-order valence-electron chi connectivity index (χ0n) is 10.9. The van der Waals surface area contributed by atoms with E-state index in [2.05, 4.69) is 18.8 Å². The number of aromatic amines is 1. The molecule has 96 valence electrons. The van der Waals surface area contributed by atoms with Crippen LogP contribution in [0.15, 0.2) is 24.3 Å². The third-order valence-corrected chi connectivity index (χ3v) is 3.30. The molecule has 3 N–H and O–H groups in total. The molecule has 0 radical (unpaired) electrons. The topological polar surface area (TPSA) is 68.1 Å². The normalized spacial score (nSPS) is 11.8. The molecule has 0 aliphatic heterocycles. The Morgan fingerprint density at radius 1 is 1.44 bits per heavy atom. The van der Waals surface area contributed by atoms with E-state index in [-0.39, 0.29) is 11.4 Å². The van der Waals surface area contributed by atoms with Crippen LogP contribution in [-0.2, 0) is 10.2 Å². The van der Waals surface area contributed by atoms with E-state index in [0.717, 1.165) is 16.6 Å². The van der Waals surface area contributed by atoms with Gasteiger partial charge in [0.15, 0.2) is 0 Å². The van der Waals surface area contributed by atoms with E-state index in [9.17, 15) is 4.79 Å². The number of carbonyl (C=O) groups excluding carboxylic acids is 1. The molecule has 2 aromatic rings. The summed E-state index contributed by atoms with van der Waals surface area (Å²) < 4.78 is 4.78. The van der Waals surface area contributed by atoms with Gasteiger partial charge in [0, 0.05) is 23.0 Å². The van der Waals surface area contributed by atoms with Crippen molar-refractivity contribution in [2.45, 2.75) is 19.3 Å². The van der Waals surface area contributed by atoms with Crippen molar-refractivity contribution in [3.05, 3.63) is 35.5 Å². The number of nitrogens with two attached hydrogens (primary N) is 1. The maximum atomic E-state index is 11.7. The third kappa shape index (κ3) is 1.99. The number of benzene rings is 1. The first-order chi connectivity index (χ1) is 8.49. The summed E-state index contributed by atoms with van der Waals surface area (Å²) in [5.74, 6) is -0.334. The molecule has 2 rings (SSSR count). The molecule has 1 aromatic heterocycles. The quantitative estimate of drug-likeness (QED) is 0.816. The molecule has 1 heterocycles. The Morgan fingerprint density at radius 2 is 2.17 bits per heavy atom. The van der Waals surface area contributed by atoms with Crippen LogP contribution >= 0.6 is 0 Å². The minimum atomic E-state index is -0.334. The Labute approximate surface area is 106 Å². The Morgan fingerprint density at radius 3 is 2.78 bits per heavy atom. The van der Waals surface area contributed by atoms with Gasteiger partial charge in [-0.05, 0) is 12.1 Å². The fourth-order valence-corrected chi connectivity index (χ4v) is 1.91. The summed E-state index contributed by atoms with van der Waals surface area (Å²) in [6, 6.07) is 7.61. The lowest BCUT2D eigenvalue weighted by molar-refractivity contribution is 0.0603. The summed E-state index contributed by atoms with van der Waals surface area (Å²) in [7, 11) is 1.38. The molecule has 18 heavy (non-hydrogen) atoms. The summed E-state index contributed by atoms with van der Waals surface area (Å²) in [4.78, 5) is 15.0. The van der Waals surface area contributed by atoms with Gasteiger partial charge in [0.05, 0.1) is 18.2 Å². The lowest BCUT2D eigenvalue weighted by Crippen LogP contribution is -2.28. The van der Waals surface area contributed by atoms with Crippen LogP contribution < -0.4 is 5.73 Å². The molecule has 0 spiro atoms. The number of hydrogen-bond donors (Lipinski definition) is 2. The summed E-state index contributed by atoms with van der Waals surface area (Å²) in [5, 5.41) is 0.995. The monoisotopic (exact) mass is 246 g/mol. The molecule has 4 nitrogen and oxygen atoms in total. The van der Waals surface area contributed by atoms with E-state index in [1.165, 1.54) is 7.11 Å². The van der Waals surface area contributed by atoms with Crippen molar-refractivity contribution in [1.29, 1.82) is 0 Å². The van der Waals surface area contributed by atoms with Gasteiger partial charge in [-0.25, -0.2) is 4.79 Å². The van der Waals surface area contributed by atoms with E-state index >= 15 is 0 Å². The summed E-state index contributed by atoms with van der Waals surface area (Å²) in [5.41, 5.74) is 8.01. The van der Waals surface area contributed by atoms with Gasteiger partial charge < -0.3 is 15.5 Å². The molecule has 0 amide bonds. The Hall–Kier alpha value is -1.81. The lowest BCUT2D eigenvalue weighted by atomic mass is 9.90. The number of hydrogen-bond acceptors (Lipinski definition) is 3. The standard InChI is InChI=1S/C14H18N2O2/c1-14(2,8-15)11-7-9-5-4-6-10(12(9)16-11)13(17)18-3/h4-7,16H,8,15H2,1-3H3. The molecule has 0 unspecified atom stereocenters. The maximum absolute atomic E-state index is 11.7. The molecule has 0 fully saturated rings. The van der Waals surface area contributed by atoms with Gasteiger partial charge in [-0.15, -0.1) is 0 Å². The van der Waals surface area contributed by atoms with Crippen molar-refractivity contribution in [3.8, 4) is 0 Å². The Balaban J connectivity index is 2.61. The van der Waals surface area contributed by atoms with Crippen LogP contribution in [0, 0.1) is 0 Å². The number of para-hydroxylation sites is 1. The molecular weight excluding hydrogens is 228 g/mol. The van der Waals surface area contributed by atoms with Crippen LogP contribution in [0.5, 0.6) is 0 Å². The summed E-state index contributed by atoms with van der Waals surface area (Å²) in [6.45, 7) is 4.67. The highest BCUT2D eigenvalue weighted by Gasteiger charge is 2.22. The number of aromatic nitrogens is 1. The molecular formula is C14H18N2O2. The average Bonchev–Trinajstić information content (AvgIpc) is 2.82. The second kappa shape index (κ2) is 4.46. The molecule has 0 aliphatic rings. The highest BCUT2D eigenvalue weighted by Crippen LogP contribution is 2.27. The van der Waals surface area contributed by atoms with Crippen molar-refractivity contribution in [3.63, 3.8) is 0 Å². The van der Waals surface area contributed by atoms with Gasteiger partial charge in [-0.3, -0.25) is 0 Å². The van der Waals surface area contributed by atoms with Gasteiger partial charge in [0.2, 0.25) is 0 Å². The Kier molecular flexibility index (Phi) is 3.13. The second-order valence-corrected chi connectivity index (χ2v) is 5.03. The maximum Gasteiger partial charge on any atom is 0.339 e. The van der Waals surface area contributed by atoms with Crippen LogP contribution in [0.3, 0.4) is 0 Å². The molecule has 1 aromatic carbocycles. The van der Waals surface area contributed by atoms with E-state index in [1.54, 1.807) is 6.07 Å². The number of carbonyl (C=O) groups is 1. The zero-order valence-corrected chi connectivity index (χ0v) is 10.9. The average molecular weight is 246 g/mol. The number of methoxy groups -OCH3 is 1. The van der Waals surface area contributed by atoms with E-state index in [0.29, 0.717) is 12.1 Å². The van der Waals surface area contributed by atoms with Crippen LogP contribution in [0.2, 0.25) is 0 Å².